The van der Waals surface area contributed by atoms with Crippen molar-refractivity contribution < 1.29 is 4.79 Å². The summed E-state index contributed by atoms with van der Waals surface area (Å²) in [7, 11) is 0. The van der Waals surface area contributed by atoms with Gasteiger partial charge in [-0.25, -0.2) is 0 Å². The van der Waals surface area contributed by atoms with Crippen LogP contribution in [-0.2, 0) is 0 Å². The van der Waals surface area contributed by atoms with Gasteiger partial charge in [-0.05, 0) is 19.8 Å². The van der Waals surface area contributed by atoms with Crippen LogP contribution in [-0.4, -0.2) is 28.4 Å². The zero-order chi connectivity index (χ0) is 12.4. The third-order valence-corrected chi connectivity index (χ3v) is 2.95. The van der Waals surface area contributed by atoms with E-state index in [0.717, 1.165) is 6.42 Å². The highest BCUT2D eigenvalue weighted by atomic mass is 16.2. The third kappa shape index (κ3) is 2.07. The van der Waals surface area contributed by atoms with Crippen LogP contribution in [0.3, 0.4) is 0 Å². The van der Waals surface area contributed by atoms with Crippen LogP contribution in [0, 0.1) is 18.3 Å². The fourth-order valence-corrected chi connectivity index (χ4v) is 2.04. The minimum Gasteiger partial charge on any atom is -0.364 e. The van der Waals surface area contributed by atoms with Crippen molar-refractivity contribution in [2.24, 2.45) is 0 Å². The molecule has 1 aromatic rings. The van der Waals surface area contributed by atoms with E-state index < -0.39 is 6.04 Å². The minimum absolute atomic E-state index is 0.109. The van der Waals surface area contributed by atoms with Crippen LogP contribution in [0.25, 0.3) is 0 Å². The van der Waals surface area contributed by atoms with E-state index in [-0.39, 0.29) is 16.9 Å². The normalized spacial score (nSPS) is 19.1. The number of carbonyl (C=O) groups excluding carboxylic acids is 1. The summed E-state index contributed by atoms with van der Waals surface area (Å²) < 4.78 is 0. The van der Waals surface area contributed by atoms with E-state index in [1.54, 1.807) is 6.92 Å². The molecule has 2 heterocycles. The zero-order valence-electron chi connectivity index (χ0n) is 9.56. The second-order valence-electron chi connectivity index (χ2n) is 4.18. The van der Waals surface area contributed by atoms with Gasteiger partial charge in [0.2, 0.25) is 0 Å². The lowest BCUT2D eigenvalue weighted by Crippen LogP contribution is -2.37. The molecule has 2 rings (SSSR count). The molecule has 0 spiro atoms. The maximum absolute atomic E-state index is 12.1. The summed E-state index contributed by atoms with van der Waals surface area (Å²) >= 11 is 0. The summed E-state index contributed by atoms with van der Waals surface area (Å²) in [5, 5.41) is 8.92. The Morgan fingerprint density at radius 3 is 3.06 bits per heavy atom. The van der Waals surface area contributed by atoms with Crippen molar-refractivity contribution in [3.63, 3.8) is 0 Å². The van der Waals surface area contributed by atoms with E-state index in [0.29, 0.717) is 18.7 Å². The maximum atomic E-state index is 12.1. The van der Waals surface area contributed by atoms with Gasteiger partial charge in [0.25, 0.3) is 5.91 Å². The highest BCUT2D eigenvalue weighted by molar-refractivity contribution is 5.94. The van der Waals surface area contributed by atoms with Crippen molar-refractivity contribution in [1.29, 1.82) is 5.26 Å². The molecule has 1 saturated heterocycles. The van der Waals surface area contributed by atoms with Gasteiger partial charge in [0.1, 0.15) is 11.6 Å². The van der Waals surface area contributed by atoms with Gasteiger partial charge in [0.15, 0.2) is 5.43 Å². The summed E-state index contributed by atoms with van der Waals surface area (Å²) in [6.45, 7) is 2.30. The molecule has 17 heavy (non-hydrogen) atoms. The van der Waals surface area contributed by atoms with Gasteiger partial charge < -0.3 is 9.88 Å². The number of aromatic nitrogens is 1. The first-order chi connectivity index (χ1) is 8.13. The standard InChI is InChI=1S/C12H13N3O2/c1-8-5-11(16)10(7-14-8)12(17)15-4-2-3-9(15)6-13/h5,7,9H,2-4H2,1H3,(H,14,16). The molecule has 1 aromatic heterocycles. The fraction of sp³-hybridized carbons (Fsp3) is 0.417. The molecular weight excluding hydrogens is 218 g/mol. The minimum atomic E-state index is -0.400. The molecule has 1 fully saturated rings. The largest absolute Gasteiger partial charge is 0.364 e. The molecule has 1 aliphatic heterocycles. The van der Waals surface area contributed by atoms with Crippen molar-refractivity contribution in [3.8, 4) is 6.07 Å². The van der Waals surface area contributed by atoms with Gasteiger partial charge in [-0.1, -0.05) is 0 Å². The zero-order valence-corrected chi connectivity index (χ0v) is 9.56. The average Bonchev–Trinajstić information content (AvgIpc) is 2.76. The molecule has 1 aliphatic rings. The van der Waals surface area contributed by atoms with Crippen LogP contribution in [0.4, 0.5) is 0 Å². The molecule has 0 aliphatic carbocycles. The second kappa shape index (κ2) is 4.42. The van der Waals surface area contributed by atoms with Crippen molar-refractivity contribution >= 4 is 5.91 Å². The quantitative estimate of drug-likeness (QED) is 0.777. The van der Waals surface area contributed by atoms with Crippen LogP contribution >= 0.6 is 0 Å². The SMILES string of the molecule is Cc1cc(=O)c(C(=O)N2CCCC2C#N)c[nH]1. The van der Waals surface area contributed by atoms with E-state index in [1.807, 2.05) is 0 Å². The van der Waals surface area contributed by atoms with Gasteiger partial charge in [-0.3, -0.25) is 9.59 Å². The second-order valence-corrected chi connectivity index (χ2v) is 4.18. The average molecular weight is 231 g/mol. The van der Waals surface area contributed by atoms with Gasteiger partial charge in [0, 0.05) is 24.5 Å². The molecule has 88 valence electrons. The summed E-state index contributed by atoms with van der Waals surface area (Å²) in [4.78, 5) is 28.1. The number of rotatable bonds is 1. The Bertz CT molecular complexity index is 541. The lowest BCUT2D eigenvalue weighted by atomic mass is 10.2. The van der Waals surface area contributed by atoms with Crippen molar-refractivity contribution in [3.05, 3.63) is 33.7 Å². The Morgan fingerprint density at radius 2 is 2.41 bits per heavy atom. The topological polar surface area (TPSA) is 77.0 Å². The summed E-state index contributed by atoms with van der Waals surface area (Å²) in [6.07, 6.45) is 2.92. The molecule has 5 nitrogen and oxygen atoms in total. The van der Waals surface area contributed by atoms with E-state index in [1.165, 1.54) is 17.2 Å². The van der Waals surface area contributed by atoms with Crippen LogP contribution in [0.1, 0.15) is 28.9 Å². The molecule has 1 amide bonds. The lowest BCUT2D eigenvalue weighted by Gasteiger charge is -2.18. The smallest absolute Gasteiger partial charge is 0.260 e. The highest BCUT2D eigenvalue weighted by Crippen LogP contribution is 2.18. The Kier molecular flexibility index (Phi) is 2.96. The van der Waals surface area contributed by atoms with E-state index >= 15 is 0 Å². The van der Waals surface area contributed by atoms with Gasteiger partial charge in [0.05, 0.1) is 6.07 Å². The third-order valence-electron chi connectivity index (χ3n) is 2.95. The number of carbonyl (C=O) groups is 1. The predicted molar refractivity (Wildman–Crippen MR) is 61.5 cm³/mol. The van der Waals surface area contributed by atoms with Crippen LogP contribution in [0.15, 0.2) is 17.1 Å². The summed E-state index contributed by atoms with van der Waals surface area (Å²) in [5.41, 5.74) is 0.525. The van der Waals surface area contributed by atoms with Gasteiger partial charge >= 0.3 is 0 Å². The number of hydrogen-bond donors (Lipinski definition) is 1. The van der Waals surface area contributed by atoms with Gasteiger partial charge in [-0.15, -0.1) is 0 Å². The number of likely N-dealkylation sites (tertiary alicyclic amines) is 1. The molecule has 1 unspecified atom stereocenters. The number of nitriles is 1. The molecule has 5 heteroatoms. The first-order valence-corrected chi connectivity index (χ1v) is 5.53. The van der Waals surface area contributed by atoms with Gasteiger partial charge in [-0.2, -0.15) is 5.26 Å². The Hall–Kier alpha value is -2.09. The molecule has 0 saturated carbocycles. The van der Waals surface area contributed by atoms with Crippen LogP contribution < -0.4 is 5.43 Å². The van der Waals surface area contributed by atoms with Crippen molar-refractivity contribution in [2.45, 2.75) is 25.8 Å². The number of nitrogens with one attached hydrogen (secondary N) is 1. The molecule has 0 bridgehead atoms. The molecule has 0 aromatic carbocycles. The number of aromatic amines is 1. The Labute approximate surface area is 98.7 Å². The predicted octanol–water partition coefficient (Wildman–Crippen LogP) is 0.811. The molecule has 0 radical (unpaired) electrons. The summed E-state index contributed by atoms with van der Waals surface area (Å²) in [6, 6.07) is 3.08. The Morgan fingerprint density at radius 1 is 1.65 bits per heavy atom. The number of nitrogens with zero attached hydrogens (tertiary/aromatic N) is 2. The van der Waals surface area contributed by atoms with Crippen molar-refractivity contribution in [1.82, 2.24) is 9.88 Å². The van der Waals surface area contributed by atoms with Crippen LogP contribution in [0.5, 0.6) is 0 Å². The number of pyridine rings is 1. The number of hydrogen-bond acceptors (Lipinski definition) is 3. The Balaban J connectivity index is 2.32. The van der Waals surface area contributed by atoms with Crippen molar-refractivity contribution in [2.75, 3.05) is 6.54 Å². The van der Waals surface area contributed by atoms with E-state index in [4.69, 9.17) is 5.26 Å². The summed E-state index contributed by atoms with van der Waals surface area (Å²) in [5.74, 6) is -0.352. The highest BCUT2D eigenvalue weighted by Gasteiger charge is 2.30. The first kappa shape index (κ1) is 11.4. The van der Waals surface area contributed by atoms with Crippen LogP contribution in [0.2, 0.25) is 0 Å². The molecular formula is C12H13N3O2. The molecule has 1 atom stereocenters. The number of H-pyrrole nitrogens is 1. The molecule has 1 N–H and O–H groups in total. The van der Waals surface area contributed by atoms with E-state index in [9.17, 15) is 9.59 Å². The van der Waals surface area contributed by atoms with E-state index in [2.05, 4.69) is 11.1 Å². The monoisotopic (exact) mass is 231 g/mol. The first-order valence-electron chi connectivity index (χ1n) is 5.53. The number of aryl methyl sites for hydroxylation is 1. The fourth-order valence-electron chi connectivity index (χ4n) is 2.04. The number of amides is 1. The maximum Gasteiger partial charge on any atom is 0.260 e. The lowest BCUT2D eigenvalue weighted by molar-refractivity contribution is 0.0763.